The third-order valence-corrected chi connectivity index (χ3v) is 7.05. The molecule has 2 atom stereocenters. The number of aromatic nitrogens is 3. The number of fused-ring (bicyclic) bond motifs is 1. The van der Waals surface area contributed by atoms with Crippen LogP contribution in [0.15, 0.2) is 120 Å². The molecule has 1 heterocycles. The maximum atomic E-state index is 13.4. The van der Waals surface area contributed by atoms with Crippen LogP contribution in [0, 0.1) is 0 Å². The molecule has 6 nitrogen and oxygen atoms in total. The largest absolute Gasteiger partial charge is 0.241 e. The van der Waals surface area contributed by atoms with Crippen molar-refractivity contribution < 1.29 is 8.42 Å². The van der Waals surface area contributed by atoms with Gasteiger partial charge in [0.15, 0.2) is 0 Å². The van der Waals surface area contributed by atoms with Gasteiger partial charge in [-0.05, 0) is 35.4 Å². The van der Waals surface area contributed by atoms with E-state index in [4.69, 9.17) is 0 Å². The first-order valence-corrected chi connectivity index (χ1v) is 12.1. The zero-order valence-corrected chi connectivity index (χ0v) is 18.5. The lowest BCUT2D eigenvalue weighted by Crippen LogP contribution is -2.35. The summed E-state index contributed by atoms with van der Waals surface area (Å²) in [7, 11) is -3.82. The van der Waals surface area contributed by atoms with Crippen molar-refractivity contribution >= 4 is 21.1 Å². The Kier molecular flexibility index (Phi) is 5.73. The third kappa shape index (κ3) is 4.28. The minimum atomic E-state index is -3.82. The second-order valence-corrected chi connectivity index (χ2v) is 9.41. The molecule has 0 saturated heterocycles. The predicted molar refractivity (Wildman–Crippen MR) is 128 cm³/mol. The average Bonchev–Trinajstić information content (AvgIpc) is 3.29. The molecule has 7 heteroatoms. The first-order chi connectivity index (χ1) is 16.1. The molecular formula is C26H22N4O2S. The number of benzene rings is 4. The van der Waals surface area contributed by atoms with E-state index in [2.05, 4.69) is 15.0 Å². The van der Waals surface area contributed by atoms with E-state index >= 15 is 0 Å². The molecule has 0 aliphatic heterocycles. The van der Waals surface area contributed by atoms with Gasteiger partial charge in [-0.3, -0.25) is 0 Å². The minimum absolute atomic E-state index is 0.209. The van der Waals surface area contributed by atoms with E-state index in [1.165, 1.54) is 0 Å². The summed E-state index contributed by atoms with van der Waals surface area (Å²) >= 11 is 0. The van der Waals surface area contributed by atoms with Crippen LogP contribution in [0.5, 0.6) is 0 Å². The Morgan fingerprint density at radius 3 is 1.88 bits per heavy atom. The summed E-state index contributed by atoms with van der Waals surface area (Å²) in [6, 6.07) is 34.3. The monoisotopic (exact) mass is 454 g/mol. The number of para-hydroxylation sites is 1. The number of nitrogens with zero attached hydrogens (tertiary/aromatic N) is 3. The molecule has 0 spiro atoms. The molecule has 33 heavy (non-hydrogen) atoms. The van der Waals surface area contributed by atoms with Gasteiger partial charge in [-0.2, -0.15) is 0 Å². The van der Waals surface area contributed by atoms with Crippen molar-refractivity contribution in [2.75, 3.05) is 0 Å². The smallest absolute Gasteiger partial charge is 0.235 e. The van der Waals surface area contributed by atoms with Crippen molar-refractivity contribution in [3.8, 4) is 0 Å². The van der Waals surface area contributed by atoms with Gasteiger partial charge in [0.1, 0.15) is 5.52 Å². The van der Waals surface area contributed by atoms with Crippen LogP contribution >= 0.6 is 0 Å². The van der Waals surface area contributed by atoms with E-state index in [1.807, 2.05) is 84.9 Å². The highest BCUT2D eigenvalue weighted by Crippen LogP contribution is 2.35. The third-order valence-electron chi connectivity index (χ3n) is 5.59. The summed E-state index contributed by atoms with van der Waals surface area (Å²) in [6.45, 7) is 0. The fourth-order valence-electron chi connectivity index (χ4n) is 4.03. The summed E-state index contributed by atoms with van der Waals surface area (Å²) in [5, 5.41) is 8.78. The van der Waals surface area contributed by atoms with Gasteiger partial charge >= 0.3 is 0 Å². The minimum Gasteiger partial charge on any atom is -0.235 e. The number of hydrogen-bond donors (Lipinski definition) is 1. The fourth-order valence-corrected chi connectivity index (χ4v) is 5.28. The summed E-state index contributed by atoms with van der Waals surface area (Å²) in [6.07, 6.45) is 0. The highest BCUT2D eigenvalue weighted by molar-refractivity contribution is 7.89. The van der Waals surface area contributed by atoms with Crippen molar-refractivity contribution in [1.29, 1.82) is 0 Å². The lowest BCUT2D eigenvalue weighted by atomic mass is 9.94. The Balaban J connectivity index is 1.70. The zero-order chi connectivity index (χ0) is 22.7. The van der Waals surface area contributed by atoms with Crippen LogP contribution in [0.1, 0.15) is 23.2 Å². The molecule has 1 aromatic heterocycles. The van der Waals surface area contributed by atoms with Gasteiger partial charge in [-0.15, -0.1) is 5.10 Å². The van der Waals surface area contributed by atoms with Crippen molar-refractivity contribution in [2.45, 2.75) is 17.0 Å². The van der Waals surface area contributed by atoms with Crippen LogP contribution in [0.3, 0.4) is 0 Å². The van der Waals surface area contributed by atoms with Gasteiger partial charge in [-0.1, -0.05) is 96.2 Å². The molecule has 0 aliphatic rings. The maximum Gasteiger partial charge on any atom is 0.241 e. The van der Waals surface area contributed by atoms with Crippen molar-refractivity contribution in [3.05, 3.63) is 126 Å². The molecule has 2 unspecified atom stereocenters. The first kappa shape index (κ1) is 21.1. The average molecular weight is 455 g/mol. The predicted octanol–water partition coefficient (Wildman–Crippen LogP) is 4.74. The summed E-state index contributed by atoms with van der Waals surface area (Å²) < 4.78 is 31.6. The normalized spacial score (nSPS) is 13.6. The topological polar surface area (TPSA) is 76.9 Å². The Morgan fingerprint density at radius 1 is 0.667 bits per heavy atom. The molecule has 0 fully saturated rings. The van der Waals surface area contributed by atoms with Crippen LogP contribution in [-0.2, 0) is 10.0 Å². The standard InChI is InChI=1S/C26H22N4O2S/c31-33(32,22-16-8-3-9-17-22)28-25(20-12-4-1-5-13-20)26(21-14-6-2-7-15-21)30-24-19-11-10-18-23(24)27-29-30/h1-19,25-26,28H. The number of hydrogen-bond acceptors (Lipinski definition) is 4. The molecule has 164 valence electrons. The van der Waals surface area contributed by atoms with E-state index in [0.717, 1.165) is 22.2 Å². The second kappa shape index (κ2) is 8.97. The Hall–Kier alpha value is -3.81. The van der Waals surface area contributed by atoms with Gasteiger partial charge in [-0.25, -0.2) is 17.8 Å². The van der Waals surface area contributed by atoms with Crippen molar-refractivity contribution in [1.82, 2.24) is 19.7 Å². The van der Waals surface area contributed by atoms with E-state index in [1.54, 1.807) is 35.0 Å². The fraction of sp³-hybridized carbons (Fsp3) is 0.0769. The molecule has 5 rings (SSSR count). The number of sulfonamides is 1. The van der Waals surface area contributed by atoms with Crippen LogP contribution in [0.2, 0.25) is 0 Å². The first-order valence-electron chi connectivity index (χ1n) is 10.6. The summed E-state index contributed by atoms with van der Waals surface area (Å²) in [5.74, 6) is 0. The van der Waals surface area contributed by atoms with Crippen molar-refractivity contribution in [3.63, 3.8) is 0 Å². The van der Waals surface area contributed by atoms with Gasteiger partial charge < -0.3 is 0 Å². The summed E-state index contributed by atoms with van der Waals surface area (Å²) in [4.78, 5) is 0.209. The Bertz CT molecular complexity index is 1450. The second-order valence-electron chi connectivity index (χ2n) is 7.70. The highest BCUT2D eigenvalue weighted by atomic mass is 32.2. The lowest BCUT2D eigenvalue weighted by Gasteiger charge is -2.29. The highest BCUT2D eigenvalue weighted by Gasteiger charge is 2.32. The lowest BCUT2D eigenvalue weighted by molar-refractivity contribution is 0.415. The molecule has 0 aliphatic carbocycles. The van der Waals surface area contributed by atoms with Gasteiger partial charge in [0.25, 0.3) is 0 Å². The van der Waals surface area contributed by atoms with Crippen molar-refractivity contribution in [2.24, 2.45) is 0 Å². The Labute approximate surface area is 192 Å². The molecule has 5 aromatic rings. The van der Waals surface area contributed by atoms with E-state index < -0.39 is 22.1 Å². The molecule has 4 aromatic carbocycles. The number of nitrogens with one attached hydrogen (secondary N) is 1. The molecule has 0 bridgehead atoms. The van der Waals surface area contributed by atoms with E-state index in [-0.39, 0.29) is 4.90 Å². The maximum absolute atomic E-state index is 13.4. The van der Waals surface area contributed by atoms with Crippen LogP contribution in [0.4, 0.5) is 0 Å². The van der Waals surface area contributed by atoms with E-state index in [9.17, 15) is 8.42 Å². The summed E-state index contributed by atoms with van der Waals surface area (Å²) in [5.41, 5.74) is 3.31. The van der Waals surface area contributed by atoms with Crippen LogP contribution < -0.4 is 4.72 Å². The molecule has 0 saturated carbocycles. The van der Waals surface area contributed by atoms with Gasteiger partial charge in [0.05, 0.1) is 22.5 Å². The SMILES string of the molecule is O=S(=O)(NC(c1ccccc1)C(c1ccccc1)n1nnc2ccccc21)c1ccccc1. The number of rotatable bonds is 7. The van der Waals surface area contributed by atoms with Gasteiger partial charge in [0, 0.05) is 0 Å². The quantitative estimate of drug-likeness (QED) is 0.385. The zero-order valence-electron chi connectivity index (χ0n) is 17.7. The molecule has 0 amide bonds. The Morgan fingerprint density at radius 2 is 1.21 bits per heavy atom. The molecule has 0 radical (unpaired) electrons. The molecular weight excluding hydrogens is 432 g/mol. The van der Waals surface area contributed by atoms with Crippen LogP contribution in [-0.4, -0.2) is 23.4 Å². The molecule has 1 N–H and O–H groups in total. The van der Waals surface area contributed by atoms with Gasteiger partial charge in [0.2, 0.25) is 10.0 Å². The van der Waals surface area contributed by atoms with E-state index in [0.29, 0.717) is 0 Å². The van der Waals surface area contributed by atoms with Crippen LogP contribution in [0.25, 0.3) is 11.0 Å².